The van der Waals surface area contributed by atoms with Crippen molar-refractivity contribution in [3.8, 4) is 23.6 Å². The number of benzene rings is 2. The summed E-state index contributed by atoms with van der Waals surface area (Å²) in [5.41, 5.74) is 6.51. The molecule has 0 saturated carbocycles. The van der Waals surface area contributed by atoms with E-state index in [4.69, 9.17) is 21.0 Å². The van der Waals surface area contributed by atoms with E-state index >= 15 is 0 Å². The van der Waals surface area contributed by atoms with E-state index < -0.39 is 0 Å². The van der Waals surface area contributed by atoms with E-state index in [0.29, 0.717) is 11.4 Å². The van der Waals surface area contributed by atoms with Gasteiger partial charge in [-0.25, -0.2) is 0 Å². The number of para-hydroxylation sites is 1. The van der Waals surface area contributed by atoms with Gasteiger partial charge in [0.2, 0.25) is 0 Å². The average Bonchev–Trinajstić information content (AvgIpc) is 2.42. The molecule has 0 radical (unpaired) electrons. The Kier molecular flexibility index (Phi) is 3.13. The molecule has 18 heavy (non-hydrogen) atoms. The molecule has 2 N–H and O–H groups in total. The minimum atomic E-state index is 0.154. The second kappa shape index (κ2) is 4.90. The molecule has 4 nitrogen and oxygen atoms in total. The lowest BCUT2D eigenvalue weighted by Gasteiger charge is -2.10. The van der Waals surface area contributed by atoms with Crippen LogP contribution in [0, 0.1) is 22.7 Å². The van der Waals surface area contributed by atoms with Gasteiger partial charge in [0.05, 0.1) is 11.3 Å². The van der Waals surface area contributed by atoms with E-state index in [-0.39, 0.29) is 16.9 Å². The monoisotopic (exact) mass is 235 g/mol. The number of nitrogens with two attached hydrogens (primary N) is 1. The van der Waals surface area contributed by atoms with Crippen LogP contribution in [0.25, 0.3) is 0 Å². The molecule has 0 heterocycles. The second-order valence-electron chi connectivity index (χ2n) is 3.55. The Morgan fingerprint density at radius 1 is 0.944 bits per heavy atom. The van der Waals surface area contributed by atoms with Crippen molar-refractivity contribution in [2.24, 2.45) is 0 Å². The summed E-state index contributed by atoms with van der Waals surface area (Å²) in [7, 11) is 0. The number of nitrogens with zero attached hydrogens (tertiary/aromatic N) is 2. The van der Waals surface area contributed by atoms with Gasteiger partial charge in [0.25, 0.3) is 0 Å². The van der Waals surface area contributed by atoms with E-state index in [2.05, 4.69) is 0 Å². The summed E-state index contributed by atoms with van der Waals surface area (Å²) in [5.74, 6) is 0.790. The molecule has 86 valence electrons. The molecule has 2 rings (SSSR count). The highest BCUT2D eigenvalue weighted by Gasteiger charge is 2.13. The zero-order valence-corrected chi connectivity index (χ0v) is 9.42. The minimum Gasteiger partial charge on any atom is -0.454 e. The van der Waals surface area contributed by atoms with Crippen LogP contribution in [0.3, 0.4) is 0 Å². The molecule has 4 heteroatoms. The molecule has 0 saturated heterocycles. The molecule has 0 atom stereocenters. The molecule has 0 aliphatic heterocycles. The molecule has 2 aromatic carbocycles. The summed E-state index contributed by atoms with van der Waals surface area (Å²) >= 11 is 0. The van der Waals surface area contributed by atoms with Crippen molar-refractivity contribution in [3.63, 3.8) is 0 Å². The lowest BCUT2D eigenvalue weighted by Crippen LogP contribution is -1.97. The maximum atomic E-state index is 9.10. The predicted molar refractivity (Wildman–Crippen MR) is 66.8 cm³/mol. The number of nitriles is 2. The van der Waals surface area contributed by atoms with Gasteiger partial charge in [-0.2, -0.15) is 10.5 Å². The lowest BCUT2D eigenvalue weighted by atomic mass is 10.1. The average molecular weight is 235 g/mol. The van der Waals surface area contributed by atoms with Crippen molar-refractivity contribution >= 4 is 5.69 Å². The van der Waals surface area contributed by atoms with Gasteiger partial charge in [-0.3, -0.25) is 0 Å². The van der Waals surface area contributed by atoms with Crippen molar-refractivity contribution in [3.05, 3.63) is 53.6 Å². The first kappa shape index (κ1) is 11.5. The van der Waals surface area contributed by atoms with Crippen molar-refractivity contribution < 1.29 is 4.74 Å². The van der Waals surface area contributed by atoms with Gasteiger partial charge in [-0.1, -0.05) is 18.2 Å². The summed E-state index contributed by atoms with van der Waals surface area (Å²) < 4.78 is 5.58. The maximum Gasteiger partial charge on any atom is 0.169 e. The second-order valence-corrected chi connectivity index (χ2v) is 3.55. The maximum absolute atomic E-state index is 9.10. The van der Waals surface area contributed by atoms with Crippen molar-refractivity contribution in [2.75, 3.05) is 5.73 Å². The zero-order valence-electron chi connectivity index (χ0n) is 9.42. The molecule has 0 aliphatic rings. The summed E-state index contributed by atoms with van der Waals surface area (Å²) in [6.45, 7) is 0. The lowest BCUT2D eigenvalue weighted by molar-refractivity contribution is 0.483. The number of anilines is 1. The van der Waals surface area contributed by atoms with Crippen LogP contribution < -0.4 is 10.5 Å². The van der Waals surface area contributed by atoms with Crippen molar-refractivity contribution in [1.82, 2.24) is 0 Å². The van der Waals surface area contributed by atoms with E-state index in [1.54, 1.807) is 18.2 Å². The molecule has 0 spiro atoms. The number of hydrogen-bond acceptors (Lipinski definition) is 4. The number of hydrogen-bond donors (Lipinski definition) is 1. The first-order valence-corrected chi connectivity index (χ1v) is 5.22. The summed E-state index contributed by atoms with van der Waals surface area (Å²) in [4.78, 5) is 0. The third-order valence-electron chi connectivity index (χ3n) is 2.38. The Bertz CT molecular complexity index is 651. The largest absolute Gasteiger partial charge is 0.454 e. The first-order chi connectivity index (χ1) is 8.76. The van der Waals surface area contributed by atoms with E-state index in [1.807, 2.05) is 30.3 Å². The summed E-state index contributed by atoms with van der Waals surface area (Å²) in [5, 5.41) is 18.0. The highest BCUT2D eigenvalue weighted by molar-refractivity contribution is 5.67. The van der Waals surface area contributed by atoms with Gasteiger partial charge in [0.15, 0.2) is 5.75 Å². The molecular formula is C14H9N3O. The molecule has 0 aliphatic carbocycles. The smallest absolute Gasteiger partial charge is 0.169 e. The molecular weight excluding hydrogens is 226 g/mol. The Morgan fingerprint density at radius 3 is 2.28 bits per heavy atom. The highest BCUT2D eigenvalue weighted by Crippen LogP contribution is 2.32. The quantitative estimate of drug-likeness (QED) is 0.811. The van der Waals surface area contributed by atoms with Crippen molar-refractivity contribution in [1.29, 1.82) is 10.5 Å². The van der Waals surface area contributed by atoms with Gasteiger partial charge in [0, 0.05) is 0 Å². The van der Waals surface area contributed by atoms with E-state index in [1.165, 1.54) is 6.07 Å². The predicted octanol–water partition coefficient (Wildman–Crippen LogP) is 2.80. The molecule has 0 amide bonds. The van der Waals surface area contributed by atoms with E-state index in [9.17, 15) is 0 Å². The molecule has 0 bridgehead atoms. The third kappa shape index (κ3) is 2.09. The van der Waals surface area contributed by atoms with Crippen LogP contribution in [0.1, 0.15) is 11.1 Å². The van der Waals surface area contributed by atoms with Crippen LogP contribution >= 0.6 is 0 Å². The summed E-state index contributed by atoms with van der Waals surface area (Å²) in [6.07, 6.45) is 0. The van der Waals surface area contributed by atoms with E-state index in [0.717, 1.165) is 0 Å². The Labute approximate surface area is 104 Å². The number of ether oxygens (including phenoxy) is 1. The fourth-order valence-electron chi connectivity index (χ4n) is 1.52. The topological polar surface area (TPSA) is 82.8 Å². The summed E-state index contributed by atoms with van der Waals surface area (Å²) in [6, 6.07) is 15.9. The van der Waals surface area contributed by atoms with Crippen molar-refractivity contribution in [2.45, 2.75) is 0 Å². The van der Waals surface area contributed by atoms with Gasteiger partial charge in [-0.05, 0) is 24.3 Å². The SMILES string of the molecule is N#Cc1ccc(N)c(Oc2ccccc2)c1C#N. The van der Waals surface area contributed by atoms with Crippen LogP contribution in [0.15, 0.2) is 42.5 Å². The highest BCUT2D eigenvalue weighted by atomic mass is 16.5. The van der Waals surface area contributed by atoms with Crippen LogP contribution in [-0.2, 0) is 0 Å². The van der Waals surface area contributed by atoms with Crippen LogP contribution in [0.2, 0.25) is 0 Å². The Morgan fingerprint density at radius 2 is 1.67 bits per heavy atom. The van der Waals surface area contributed by atoms with Crippen LogP contribution in [-0.4, -0.2) is 0 Å². The minimum absolute atomic E-state index is 0.154. The van der Waals surface area contributed by atoms with Gasteiger partial charge in [0.1, 0.15) is 23.5 Å². The molecule has 0 unspecified atom stereocenters. The number of nitrogen functional groups attached to an aromatic ring is 1. The molecule has 2 aromatic rings. The zero-order chi connectivity index (χ0) is 13.0. The fraction of sp³-hybridized carbons (Fsp3) is 0. The van der Waals surface area contributed by atoms with Crippen LogP contribution in [0.4, 0.5) is 5.69 Å². The third-order valence-corrected chi connectivity index (χ3v) is 2.38. The number of rotatable bonds is 2. The van der Waals surface area contributed by atoms with Crippen LogP contribution in [0.5, 0.6) is 11.5 Å². The normalized spacial score (nSPS) is 9.22. The first-order valence-electron chi connectivity index (χ1n) is 5.22. The molecule has 0 fully saturated rings. The van der Waals surface area contributed by atoms with Gasteiger partial charge >= 0.3 is 0 Å². The Hall–Kier alpha value is -2.98. The van der Waals surface area contributed by atoms with Gasteiger partial charge < -0.3 is 10.5 Å². The fourth-order valence-corrected chi connectivity index (χ4v) is 1.52. The Balaban J connectivity index is 2.51. The molecule has 0 aromatic heterocycles. The standard InChI is InChI=1S/C14H9N3O/c15-8-10-6-7-13(17)14(12(10)9-16)18-11-4-2-1-3-5-11/h1-7H,17H2. The van der Waals surface area contributed by atoms with Gasteiger partial charge in [-0.15, -0.1) is 0 Å².